The fraction of sp³-hybridized carbons (Fsp3) is 0.308. The predicted octanol–water partition coefficient (Wildman–Crippen LogP) is 4.49. The highest BCUT2D eigenvalue weighted by molar-refractivity contribution is 7.20. The maximum absolute atomic E-state index is 12.3. The third kappa shape index (κ3) is 1.96. The van der Waals surface area contributed by atoms with Gasteiger partial charge in [-0.2, -0.15) is 0 Å². The molecule has 0 saturated heterocycles. The number of carbonyl (C=O) groups is 1. The molecule has 0 radical (unpaired) electrons. The molecule has 17 heavy (non-hydrogen) atoms. The molecule has 1 nitrogen and oxygen atoms in total. The Labute approximate surface area is 113 Å². The average Bonchev–Trinajstić information content (AvgIpc) is 2.92. The van der Waals surface area contributed by atoms with E-state index in [0.29, 0.717) is 0 Å². The van der Waals surface area contributed by atoms with Crippen LogP contribution in [0, 0.1) is 6.92 Å². The molecule has 0 aliphatic heterocycles. The molecule has 0 unspecified atom stereocenters. The van der Waals surface area contributed by atoms with Crippen LogP contribution in [0.5, 0.6) is 0 Å². The van der Waals surface area contributed by atoms with Crippen molar-refractivity contribution < 1.29 is 4.79 Å². The number of rotatable bonds is 2. The molecule has 2 aromatic heterocycles. The summed E-state index contributed by atoms with van der Waals surface area (Å²) in [5.74, 6) is 0.129. The molecule has 2 heterocycles. The Hall–Kier alpha value is -0.640. The van der Waals surface area contributed by atoms with Crippen molar-refractivity contribution in [1.82, 2.24) is 0 Å². The van der Waals surface area contributed by atoms with Gasteiger partial charge in [-0.15, -0.1) is 22.7 Å². The molecule has 88 valence electrons. The van der Waals surface area contributed by atoms with Crippen LogP contribution in [0.4, 0.5) is 0 Å². The third-order valence-corrected chi connectivity index (χ3v) is 5.84. The van der Waals surface area contributed by atoms with E-state index < -0.39 is 0 Å². The molecule has 2 aromatic rings. The molecule has 0 bridgehead atoms. The van der Waals surface area contributed by atoms with Crippen LogP contribution < -0.4 is 0 Å². The maximum Gasteiger partial charge on any atom is 0.212 e. The summed E-state index contributed by atoms with van der Waals surface area (Å²) in [4.78, 5) is 15.3. The smallest absolute Gasteiger partial charge is 0.212 e. The second-order valence-corrected chi connectivity index (χ2v) is 7.10. The van der Waals surface area contributed by atoms with Crippen LogP contribution in [0.15, 0.2) is 12.1 Å². The van der Waals surface area contributed by atoms with Crippen LogP contribution in [0.3, 0.4) is 0 Å². The lowest BCUT2D eigenvalue weighted by atomic mass is 10.2. The van der Waals surface area contributed by atoms with Crippen LogP contribution in [0.1, 0.15) is 37.0 Å². The Bertz CT molecular complexity index is 554. The van der Waals surface area contributed by atoms with E-state index in [4.69, 9.17) is 11.6 Å². The van der Waals surface area contributed by atoms with E-state index in [1.54, 1.807) is 11.3 Å². The third-order valence-electron chi connectivity index (χ3n) is 3.05. The summed E-state index contributed by atoms with van der Waals surface area (Å²) in [6, 6.07) is 3.96. The molecular weight excluding hydrogens is 272 g/mol. The summed E-state index contributed by atoms with van der Waals surface area (Å²) in [7, 11) is 0. The van der Waals surface area contributed by atoms with Crippen LogP contribution in [-0.2, 0) is 12.8 Å². The molecule has 0 amide bonds. The van der Waals surface area contributed by atoms with Gasteiger partial charge in [-0.3, -0.25) is 4.79 Å². The van der Waals surface area contributed by atoms with E-state index in [2.05, 4.69) is 6.07 Å². The van der Waals surface area contributed by atoms with Crippen molar-refractivity contribution >= 4 is 40.1 Å². The number of ketones is 1. The van der Waals surface area contributed by atoms with Gasteiger partial charge in [-0.25, -0.2) is 0 Å². The fourth-order valence-corrected chi connectivity index (χ4v) is 4.56. The van der Waals surface area contributed by atoms with Gasteiger partial charge in [0, 0.05) is 4.88 Å². The van der Waals surface area contributed by atoms with Gasteiger partial charge in [0.05, 0.1) is 14.1 Å². The number of hydrogen-bond donors (Lipinski definition) is 0. The Balaban J connectivity index is 1.95. The summed E-state index contributed by atoms with van der Waals surface area (Å²) in [6.45, 7) is 1.93. The second-order valence-electron chi connectivity index (χ2n) is 4.31. The van der Waals surface area contributed by atoms with E-state index in [-0.39, 0.29) is 5.78 Å². The van der Waals surface area contributed by atoms with Gasteiger partial charge in [0.1, 0.15) is 0 Å². The summed E-state index contributed by atoms with van der Waals surface area (Å²) >= 11 is 9.04. The van der Waals surface area contributed by atoms with Crippen molar-refractivity contribution in [1.29, 1.82) is 0 Å². The highest BCUT2D eigenvalue weighted by Crippen LogP contribution is 2.34. The van der Waals surface area contributed by atoms with E-state index >= 15 is 0 Å². The van der Waals surface area contributed by atoms with Crippen molar-refractivity contribution in [2.24, 2.45) is 0 Å². The van der Waals surface area contributed by atoms with Crippen LogP contribution in [0.25, 0.3) is 0 Å². The fourth-order valence-electron chi connectivity index (χ4n) is 2.13. The van der Waals surface area contributed by atoms with Gasteiger partial charge >= 0.3 is 0 Å². The minimum absolute atomic E-state index is 0.129. The zero-order chi connectivity index (χ0) is 12.0. The molecule has 3 rings (SSSR count). The minimum Gasteiger partial charge on any atom is -0.287 e. The molecular formula is C13H11ClOS2. The summed E-state index contributed by atoms with van der Waals surface area (Å²) in [6.07, 6.45) is 3.50. The number of halogens is 1. The number of hydrogen-bond acceptors (Lipinski definition) is 3. The van der Waals surface area contributed by atoms with Crippen LogP contribution >= 0.6 is 34.3 Å². The van der Waals surface area contributed by atoms with E-state index in [9.17, 15) is 4.79 Å². The van der Waals surface area contributed by atoms with Crippen molar-refractivity contribution in [2.75, 3.05) is 0 Å². The Morgan fingerprint density at radius 3 is 2.65 bits per heavy atom. The molecule has 0 saturated carbocycles. The molecule has 0 spiro atoms. The first-order valence-electron chi connectivity index (χ1n) is 5.57. The van der Waals surface area contributed by atoms with E-state index in [0.717, 1.165) is 32.5 Å². The van der Waals surface area contributed by atoms with Crippen molar-refractivity contribution in [3.63, 3.8) is 0 Å². The van der Waals surface area contributed by atoms with Gasteiger partial charge in [0.2, 0.25) is 5.78 Å². The number of thiophene rings is 2. The summed E-state index contributed by atoms with van der Waals surface area (Å²) < 4.78 is 0.720. The van der Waals surface area contributed by atoms with Crippen molar-refractivity contribution in [3.8, 4) is 0 Å². The molecule has 0 atom stereocenters. The number of aryl methyl sites for hydroxylation is 3. The molecule has 4 heteroatoms. The highest BCUT2D eigenvalue weighted by Gasteiger charge is 2.20. The van der Waals surface area contributed by atoms with Crippen molar-refractivity contribution in [3.05, 3.63) is 42.2 Å². The lowest BCUT2D eigenvalue weighted by molar-refractivity contribution is 0.104. The molecule has 0 N–H and O–H groups in total. The predicted molar refractivity (Wildman–Crippen MR) is 73.8 cm³/mol. The zero-order valence-electron chi connectivity index (χ0n) is 9.38. The van der Waals surface area contributed by atoms with Crippen LogP contribution in [-0.4, -0.2) is 5.78 Å². The van der Waals surface area contributed by atoms with Crippen molar-refractivity contribution in [2.45, 2.75) is 26.2 Å². The second kappa shape index (κ2) is 4.23. The molecule has 0 aromatic carbocycles. The van der Waals surface area contributed by atoms with Gasteiger partial charge in [0.25, 0.3) is 0 Å². The molecule has 0 fully saturated rings. The van der Waals surface area contributed by atoms with Gasteiger partial charge in [-0.05, 0) is 49.4 Å². The SMILES string of the molecule is Cc1cc(C(=O)c2cc3c(s2)CCC3)sc1Cl. The topological polar surface area (TPSA) is 17.1 Å². The molecule has 1 aliphatic rings. The molecule has 1 aliphatic carbocycles. The summed E-state index contributed by atoms with van der Waals surface area (Å²) in [5, 5.41) is 0. The monoisotopic (exact) mass is 282 g/mol. The average molecular weight is 283 g/mol. The van der Waals surface area contributed by atoms with Crippen LogP contribution in [0.2, 0.25) is 4.34 Å². The number of fused-ring (bicyclic) bond motifs is 1. The Morgan fingerprint density at radius 2 is 2.00 bits per heavy atom. The first-order valence-corrected chi connectivity index (χ1v) is 7.58. The van der Waals surface area contributed by atoms with Gasteiger partial charge < -0.3 is 0 Å². The first kappa shape index (κ1) is 11.5. The lowest BCUT2D eigenvalue weighted by Gasteiger charge is -1.92. The van der Waals surface area contributed by atoms with Gasteiger partial charge in [-0.1, -0.05) is 11.6 Å². The largest absolute Gasteiger partial charge is 0.287 e. The quantitative estimate of drug-likeness (QED) is 0.742. The van der Waals surface area contributed by atoms with E-state index in [1.807, 2.05) is 13.0 Å². The normalized spacial score (nSPS) is 14.0. The van der Waals surface area contributed by atoms with E-state index in [1.165, 1.54) is 28.2 Å². The minimum atomic E-state index is 0.129. The Kier molecular flexibility index (Phi) is 2.85. The number of carbonyl (C=O) groups excluding carboxylic acids is 1. The maximum atomic E-state index is 12.3. The highest BCUT2D eigenvalue weighted by atomic mass is 35.5. The van der Waals surface area contributed by atoms with Gasteiger partial charge in [0.15, 0.2) is 0 Å². The summed E-state index contributed by atoms with van der Waals surface area (Å²) in [5.41, 5.74) is 2.36. The Morgan fingerprint density at radius 1 is 1.24 bits per heavy atom. The lowest BCUT2D eigenvalue weighted by Crippen LogP contribution is -1.94. The first-order chi connectivity index (χ1) is 8.15. The zero-order valence-corrected chi connectivity index (χ0v) is 11.8. The standard InChI is InChI=1S/C13H11ClOS2/c1-7-5-10(17-13(7)14)12(15)11-6-8-3-2-4-9(8)16-11/h5-6H,2-4H2,1H3.